The third-order valence-corrected chi connectivity index (χ3v) is 3.16. The highest BCUT2D eigenvalue weighted by Gasteiger charge is 2.11. The molecule has 0 unspecified atom stereocenters. The van der Waals surface area contributed by atoms with Gasteiger partial charge < -0.3 is 0 Å². The van der Waals surface area contributed by atoms with Crippen LogP contribution in [0.15, 0.2) is 17.8 Å². The zero-order valence-corrected chi connectivity index (χ0v) is 10.8. The minimum atomic E-state index is 0.0570. The van der Waals surface area contributed by atoms with Crippen LogP contribution in [0.25, 0.3) is 22.0 Å². The molecule has 0 atom stereocenters. The second kappa shape index (κ2) is 4.95. The van der Waals surface area contributed by atoms with Crippen LogP contribution >= 0.6 is 11.7 Å². The summed E-state index contributed by atoms with van der Waals surface area (Å²) in [6, 6.07) is 5.73. The number of nitriles is 1. The average molecular weight is 254 g/mol. The van der Waals surface area contributed by atoms with Gasteiger partial charge in [-0.05, 0) is 23.1 Å². The predicted molar refractivity (Wildman–Crippen MR) is 71.7 cm³/mol. The lowest BCUT2D eigenvalue weighted by molar-refractivity contribution is 0.874. The molecule has 18 heavy (non-hydrogen) atoms. The Bertz CT molecular complexity index is 682. The van der Waals surface area contributed by atoms with Crippen molar-refractivity contribution in [2.45, 2.75) is 19.8 Å². The van der Waals surface area contributed by atoms with Gasteiger partial charge in [-0.15, -0.1) is 0 Å². The summed E-state index contributed by atoms with van der Waals surface area (Å²) in [5.74, 6) is 0.366. The Kier molecular flexibility index (Phi) is 3.36. The zero-order valence-electron chi connectivity index (χ0n) is 10.0. The second-order valence-corrected chi connectivity index (χ2v) is 4.64. The summed E-state index contributed by atoms with van der Waals surface area (Å²) in [5, 5.41) is 8.79. The van der Waals surface area contributed by atoms with E-state index in [0.717, 1.165) is 33.9 Å². The Morgan fingerprint density at radius 3 is 2.78 bits per heavy atom. The van der Waals surface area contributed by atoms with Gasteiger partial charge in [0.1, 0.15) is 11.0 Å². The van der Waals surface area contributed by atoms with Gasteiger partial charge in [0.15, 0.2) is 0 Å². The molecule has 0 aliphatic heterocycles. The van der Waals surface area contributed by atoms with Crippen LogP contribution in [0, 0.1) is 17.9 Å². The van der Waals surface area contributed by atoms with Crippen molar-refractivity contribution in [3.05, 3.63) is 40.4 Å². The van der Waals surface area contributed by atoms with Gasteiger partial charge in [0.05, 0.1) is 24.4 Å². The molecule has 2 aromatic rings. The lowest BCUT2D eigenvalue weighted by Crippen LogP contribution is -1.91. The molecule has 5 heteroatoms. The Hall–Kier alpha value is -2.24. The van der Waals surface area contributed by atoms with Crippen molar-refractivity contribution < 1.29 is 0 Å². The van der Waals surface area contributed by atoms with Crippen LogP contribution in [0.4, 0.5) is 0 Å². The van der Waals surface area contributed by atoms with Crippen LogP contribution in [0.5, 0.6) is 0 Å². The first-order valence-electron chi connectivity index (χ1n) is 5.41. The van der Waals surface area contributed by atoms with Crippen molar-refractivity contribution >= 4 is 28.8 Å². The molecule has 0 radical (unpaired) electrons. The first-order chi connectivity index (χ1) is 8.67. The van der Waals surface area contributed by atoms with Gasteiger partial charge >= 0.3 is 0 Å². The van der Waals surface area contributed by atoms with Gasteiger partial charge in [0.2, 0.25) is 0 Å². The number of allylic oxidation sites excluding steroid dienone is 1. The SMILES string of the molecule is [C-]#[N+]/C(C#N)=C\c1ccc(C(C)C)c2nsnc12. The molecule has 0 N–H and O–H groups in total. The summed E-state index contributed by atoms with van der Waals surface area (Å²) in [6.07, 6.45) is 1.56. The fraction of sp³-hybridized carbons (Fsp3) is 0.231. The molecule has 0 fully saturated rings. The lowest BCUT2D eigenvalue weighted by atomic mass is 9.99. The smallest absolute Gasteiger partial charge is 0.227 e. The van der Waals surface area contributed by atoms with Crippen molar-refractivity contribution in [1.29, 1.82) is 5.26 Å². The fourth-order valence-corrected chi connectivity index (χ4v) is 2.31. The highest BCUT2D eigenvalue weighted by molar-refractivity contribution is 7.00. The van der Waals surface area contributed by atoms with Crippen LogP contribution in [0.2, 0.25) is 0 Å². The van der Waals surface area contributed by atoms with Gasteiger partial charge in [-0.3, -0.25) is 0 Å². The van der Waals surface area contributed by atoms with Crippen LogP contribution in [0.1, 0.15) is 30.9 Å². The molecular formula is C13H10N4S. The number of rotatable bonds is 2. The van der Waals surface area contributed by atoms with Crippen LogP contribution < -0.4 is 0 Å². The number of hydrogen-bond donors (Lipinski definition) is 0. The van der Waals surface area contributed by atoms with E-state index >= 15 is 0 Å². The molecular weight excluding hydrogens is 244 g/mol. The monoisotopic (exact) mass is 254 g/mol. The van der Waals surface area contributed by atoms with Crippen LogP contribution in [-0.4, -0.2) is 8.75 Å². The van der Waals surface area contributed by atoms with Crippen molar-refractivity contribution in [3.63, 3.8) is 0 Å². The molecule has 4 nitrogen and oxygen atoms in total. The number of fused-ring (bicyclic) bond motifs is 1. The number of benzene rings is 1. The standard InChI is InChI=1S/C13H10N4S/c1-8(2)11-5-4-9(6-10(7-14)15-3)12-13(11)17-18-16-12/h4-6,8H,1-2H3/b10-6-. The lowest BCUT2D eigenvalue weighted by Gasteiger charge is -2.06. The van der Waals surface area contributed by atoms with E-state index in [9.17, 15) is 0 Å². The van der Waals surface area contributed by atoms with Crippen LogP contribution in [-0.2, 0) is 0 Å². The topological polar surface area (TPSA) is 53.9 Å². The minimum Gasteiger partial charge on any atom is -0.227 e. The van der Waals surface area contributed by atoms with E-state index in [1.54, 1.807) is 6.08 Å². The average Bonchev–Trinajstić information content (AvgIpc) is 2.84. The van der Waals surface area contributed by atoms with Gasteiger partial charge in [-0.25, -0.2) is 10.1 Å². The van der Waals surface area contributed by atoms with Crippen molar-refractivity contribution in [2.24, 2.45) is 0 Å². The predicted octanol–water partition coefficient (Wildman–Crippen LogP) is 3.60. The van der Waals surface area contributed by atoms with Gasteiger partial charge in [0.25, 0.3) is 5.70 Å². The third-order valence-electron chi connectivity index (χ3n) is 2.63. The molecule has 0 aliphatic carbocycles. The normalized spacial score (nSPS) is 11.5. The summed E-state index contributed by atoms with van der Waals surface area (Å²) in [7, 11) is 0. The number of hydrogen-bond acceptors (Lipinski definition) is 4. The van der Waals surface area contributed by atoms with Gasteiger partial charge in [-0.1, -0.05) is 26.0 Å². The summed E-state index contributed by atoms with van der Waals surface area (Å²) in [4.78, 5) is 3.16. The molecule has 1 heterocycles. The fourth-order valence-electron chi connectivity index (χ4n) is 1.72. The van der Waals surface area contributed by atoms with Crippen molar-refractivity contribution in [2.75, 3.05) is 0 Å². The van der Waals surface area contributed by atoms with Crippen LogP contribution in [0.3, 0.4) is 0 Å². The molecule has 88 valence electrons. The summed E-state index contributed by atoms with van der Waals surface area (Å²) in [6.45, 7) is 11.1. The number of aromatic nitrogens is 2. The Labute approximate surface area is 109 Å². The minimum absolute atomic E-state index is 0.0570. The molecule has 0 saturated carbocycles. The van der Waals surface area contributed by atoms with Crippen molar-refractivity contribution in [1.82, 2.24) is 8.75 Å². The first kappa shape index (κ1) is 12.2. The molecule has 1 aromatic heterocycles. The molecule has 2 rings (SSSR count). The van der Waals surface area contributed by atoms with E-state index < -0.39 is 0 Å². The Morgan fingerprint density at radius 1 is 1.44 bits per heavy atom. The molecule has 1 aromatic carbocycles. The summed E-state index contributed by atoms with van der Waals surface area (Å²) in [5.41, 5.74) is 3.60. The third kappa shape index (κ3) is 2.09. The highest BCUT2D eigenvalue weighted by Crippen LogP contribution is 2.27. The Balaban J connectivity index is 2.67. The van der Waals surface area contributed by atoms with Gasteiger partial charge in [-0.2, -0.15) is 8.75 Å². The largest absolute Gasteiger partial charge is 0.262 e. The molecule has 0 amide bonds. The van der Waals surface area contributed by atoms with E-state index in [1.165, 1.54) is 0 Å². The first-order valence-corrected chi connectivity index (χ1v) is 6.14. The Morgan fingerprint density at radius 2 is 2.17 bits per heavy atom. The van der Waals surface area contributed by atoms with Crippen molar-refractivity contribution in [3.8, 4) is 6.07 Å². The molecule has 0 aliphatic rings. The summed E-state index contributed by atoms with van der Waals surface area (Å²) >= 11 is 1.15. The maximum atomic E-state index is 8.79. The molecule has 0 saturated heterocycles. The van der Waals surface area contributed by atoms with E-state index in [4.69, 9.17) is 11.8 Å². The number of nitrogens with zero attached hydrogens (tertiary/aromatic N) is 4. The van der Waals surface area contributed by atoms with E-state index in [2.05, 4.69) is 27.4 Å². The highest BCUT2D eigenvalue weighted by atomic mass is 32.1. The maximum Gasteiger partial charge on any atom is 0.262 e. The quantitative estimate of drug-likeness (QED) is 0.607. The zero-order chi connectivity index (χ0) is 13.1. The maximum absolute atomic E-state index is 8.79. The van der Waals surface area contributed by atoms with E-state index in [-0.39, 0.29) is 5.70 Å². The summed E-state index contributed by atoms with van der Waals surface area (Å²) < 4.78 is 8.56. The van der Waals surface area contributed by atoms with E-state index in [0.29, 0.717) is 5.92 Å². The molecule has 0 bridgehead atoms. The molecule has 0 spiro atoms. The van der Waals surface area contributed by atoms with E-state index in [1.807, 2.05) is 18.2 Å². The van der Waals surface area contributed by atoms with Gasteiger partial charge in [0, 0.05) is 0 Å². The second-order valence-electron chi connectivity index (χ2n) is 4.11.